The maximum absolute atomic E-state index is 13.6. The van der Waals surface area contributed by atoms with Gasteiger partial charge in [0.2, 0.25) is 5.91 Å². The van der Waals surface area contributed by atoms with Gasteiger partial charge in [0.15, 0.2) is 5.78 Å². The Morgan fingerprint density at radius 2 is 1.87 bits per heavy atom. The van der Waals surface area contributed by atoms with E-state index in [2.05, 4.69) is 6.58 Å². The minimum Gasteiger partial charge on any atom is -0.325 e. The van der Waals surface area contributed by atoms with Crippen LogP contribution in [0.2, 0.25) is 10.0 Å². The van der Waals surface area contributed by atoms with E-state index >= 15 is 0 Å². The van der Waals surface area contributed by atoms with Crippen molar-refractivity contribution in [3.63, 3.8) is 0 Å². The van der Waals surface area contributed by atoms with Gasteiger partial charge in [-0.15, -0.1) is 6.58 Å². The number of piperidine rings is 1. The molecule has 0 N–H and O–H groups in total. The first-order valence-corrected chi connectivity index (χ1v) is 11.1. The summed E-state index contributed by atoms with van der Waals surface area (Å²) in [5, 5.41) is 1.29. The van der Waals surface area contributed by atoms with Crippen molar-refractivity contribution < 1.29 is 9.59 Å². The lowest BCUT2D eigenvalue weighted by atomic mass is 9.74. The number of halogens is 2. The summed E-state index contributed by atoms with van der Waals surface area (Å²) in [6, 6.07) is 14.6. The highest BCUT2D eigenvalue weighted by molar-refractivity contribution is 6.30. The van der Waals surface area contributed by atoms with Crippen LogP contribution in [0.5, 0.6) is 0 Å². The van der Waals surface area contributed by atoms with Crippen LogP contribution in [0.4, 0.5) is 0 Å². The molecular formula is C25H27Cl2NO2. The fourth-order valence-electron chi connectivity index (χ4n) is 4.61. The van der Waals surface area contributed by atoms with E-state index < -0.39 is 6.04 Å². The fraction of sp³-hybridized carbons (Fsp3) is 0.360. The number of likely N-dealkylation sites (tertiary alicyclic amines) is 1. The Kier molecular flexibility index (Phi) is 7.38. The van der Waals surface area contributed by atoms with Crippen LogP contribution in [-0.2, 0) is 9.59 Å². The molecule has 0 saturated carbocycles. The minimum atomic E-state index is -0.479. The first kappa shape index (κ1) is 22.6. The van der Waals surface area contributed by atoms with E-state index in [1.807, 2.05) is 60.4 Å². The van der Waals surface area contributed by atoms with Crippen LogP contribution >= 0.6 is 23.2 Å². The molecule has 0 bridgehead atoms. The van der Waals surface area contributed by atoms with Crippen LogP contribution in [0.1, 0.15) is 56.2 Å². The molecule has 30 heavy (non-hydrogen) atoms. The predicted molar refractivity (Wildman–Crippen MR) is 123 cm³/mol. The minimum absolute atomic E-state index is 0.000857. The highest BCUT2D eigenvalue weighted by Gasteiger charge is 2.45. The highest BCUT2D eigenvalue weighted by Crippen LogP contribution is 2.47. The smallest absolute Gasteiger partial charge is 0.227 e. The van der Waals surface area contributed by atoms with Crippen LogP contribution < -0.4 is 0 Å². The first-order valence-electron chi connectivity index (χ1n) is 10.3. The molecule has 1 aliphatic rings. The highest BCUT2D eigenvalue weighted by atomic mass is 35.5. The number of nitrogens with zero attached hydrogens (tertiary/aromatic N) is 1. The van der Waals surface area contributed by atoms with Gasteiger partial charge < -0.3 is 4.90 Å². The number of Topliss-reactive ketones (excluding diaryl/α,β-unsaturated/α-hetero) is 1. The lowest BCUT2D eigenvalue weighted by Crippen LogP contribution is -2.53. The Labute approximate surface area is 188 Å². The standard InChI is InChI=1S/C25H27Cl2NO2/c1-4-7-19-15-22(18-8-6-9-21(27)14-18)24(17-10-12-20(26)13-11-17)28(25(19)30)23(5-2)16(3)29/h4,6,8-14,19,22-24H,1,5,7,15H2,2-3H3/t19-,22?,23-,24+/m0/s1. The molecule has 1 saturated heterocycles. The fourth-order valence-corrected chi connectivity index (χ4v) is 4.94. The van der Waals surface area contributed by atoms with Gasteiger partial charge in [-0.3, -0.25) is 9.59 Å². The zero-order valence-corrected chi connectivity index (χ0v) is 18.9. The summed E-state index contributed by atoms with van der Waals surface area (Å²) in [4.78, 5) is 28.0. The van der Waals surface area contributed by atoms with Gasteiger partial charge in [0.05, 0.1) is 12.1 Å². The summed E-state index contributed by atoms with van der Waals surface area (Å²) >= 11 is 12.4. The van der Waals surface area contributed by atoms with Crippen molar-refractivity contribution in [2.75, 3.05) is 0 Å². The van der Waals surface area contributed by atoms with E-state index in [1.54, 1.807) is 13.0 Å². The normalized spacial score (nSPS) is 22.6. The molecule has 2 aromatic rings. The number of carbonyl (C=O) groups is 2. The molecule has 5 heteroatoms. The summed E-state index contributed by atoms with van der Waals surface area (Å²) < 4.78 is 0. The van der Waals surface area contributed by atoms with Gasteiger partial charge in [0.1, 0.15) is 0 Å². The average molecular weight is 444 g/mol. The molecule has 1 aliphatic heterocycles. The number of benzene rings is 2. The van der Waals surface area contributed by atoms with E-state index in [1.165, 1.54) is 0 Å². The molecule has 0 aliphatic carbocycles. The van der Waals surface area contributed by atoms with Gasteiger partial charge in [-0.05, 0) is 61.6 Å². The maximum atomic E-state index is 13.6. The summed E-state index contributed by atoms with van der Waals surface area (Å²) in [5.74, 6) is -0.214. The number of ketones is 1. The topological polar surface area (TPSA) is 37.4 Å². The molecule has 0 spiro atoms. The number of rotatable bonds is 7. The van der Waals surface area contributed by atoms with Gasteiger partial charge in [-0.1, -0.05) is 60.5 Å². The Balaban J connectivity index is 2.20. The van der Waals surface area contributed by atoms with Crippen molar-refractivity contribution in [1.29, 1.82) is 0 Å². The van der Waals surface area contributed by atoms with E-state index in [9.17, 15) is 9.59 Å². The molecule has 1 amide bonds. The molecule has 1 heterocycles. The number of amides is 1. The van der Waals surface area contributed by atoms with Crippen molar-refractivity contribution in [2.24, 2.45) is 5.92 Å². The third-order valence-corrected chi connectivity index (χ3v) is 6.44. The number of hydrogen-bond acceptors (Lipinski definition) is 2. The third-order valence-electron chi connectivity index (χ3n) is 5.95. The van der Waals surface area contributed by atoms with Crippen molar-refractivity contribution in [3.05, 3.63) is 82.4 Å². The summed E-state index contributed by atoms with van der Waals surface area (Å²) in [7, 11) is 0. The zero-order valence-electron chi connectivity index (χ0n) is 17.4. The number of hydrogen-bond donors (Lipinski definition) is 0. The Hall–Kier alpha value is -2.10. The van der Waals surface area contributed by atoms with Gasteiger partial charge in [-0.25, -0.2) is 0 Å². The van der Waals surface area contributed by atoms with Crippen LogP contribution in [0.25, 0.3) is 0 Å². The van der Waals surface area contributed by atoms with Gasteiger partial charge in [-0.2, -0.15) is 0 Å². The largest absolute Gasteiger partial charge is 0.325 e. The summed E-state index contributed by atoms with van der Waals surface area (Å²) in [5.41, 5.74) is 2.03. The Morgan fingerprint density at radius 3 is 2.43 bits per heavy atom. The van der Waals surface area contributed by atoms with Gasteiger partial charge >= 0.3 is 0 Å². The quantitative estimate of drug-likeness (QED) is 0.451. The molecule has 2 aromatic carbocycles. The number of allylic oxidation sites excluding steroid dienone is 1. The molecule has 1 unspecified atom stereocenters. The lowest BCUT2D eigenvalue weighted by Gasteiger charge is -2.47. The summed E-state index contributed by atoms with van der Waals surface area (Å²) in [6.45, 7) is 7.35. The predicted octanol–water partition coefficient (Wildman–Crippen LogP) is 6.61. The molecule has 4 atom stereocenters. The van der Waals surface area contributed by atoms with Crippen molar-refractivity contribution in [2.45, 2.75) is 51.1 Å². The van der Waals surface area contributed by atoms with Crippen LogP contribution in [-0.4, -0.2) is 22.6 Å². The SMILES string of the molecule is C=CC[C@H]1CC(c2cccc(Cl)c2)[C@@H](c2ccc(Cl)cc2)N([C@@H](CC)C(C)=O)C1=O. The monoisotopic (exact) mass is 443 g/mol. The summed E-state index contributed by atoms with van der Waals surface area (Å²) in [6.07, 6.45) is 3.60. The maximum Gasteiger partial charge on any atom is 0.227 e. The molecule has 0 aromatic heterocycles. The van der Waals surface area contributed by atoms with Crippen molar-refractivity contribution in [3.8, 4) is 0 Å². The van der Waals surface area contributed by atoms with E-state index in [0.29, 0.717) is 29.3 Å². The van der Waals surface area contributed by atoms with Crippen LogP contribution in [0.3, 0.4) is 0 Å². The number of carbonyl (C=O) groups excluding carboxylic acids is 2. The van der Waals surface area contributed by atoms with Crippen LogP contribution in [0.15, 0.2) is 61.2 Å². The first-order chi connectivity index (χ1) is 14.4. The van der Waals surface area contributed by atoms with Gasteiger partial charge in [0.25, 0.3) is 0 Å². The lowest BCUT2D eigenvalue weighted by molar-refractivity contribution is -0.150. The second-order valence-corrected chi connectivity index (χ2v) is 8.77. The second-order valence-electron chi connectivity index (χ2n) is 7.90. The van der Waals surface area contributed by atoms with E-state index in [-0.39, 0.29) is 29.6 Å². The Bertz CT molecular complexity index is 925. The van der Waals surface area contributed by atoms with E-state index in [0.717, 1.165) is 11.1 Å². The molecular weight excluding hydrogens is 417 g/mol. The molecule has 3 rings (SSSR count). The molecule has 158 valence electrons. The second kappa shape index (κ2) is 9.80. The van der Waals surface area contributed by atoms with Crippen LogP contribution in [0, 0.1) is 5.92 Å². The third kappa shape index (κ3) is 4.63. The molecule has 0 radical (unpaired) electrons. The average Bonchev–Trinajstić information content (AvgIpc) is 2.71. The van der Waals surface area contributed by atoms with Crippen molar-refractivity contribution >= 4 is 34.9 Å². The Morgan fingerprint density at radius 1 is 1.17 bits per heavy atom. The molecule has 1 fully saturated rings. The zero-order chi connectivity index (χ0) is 21.8. The van der Waals surface area contributed by atoms with Crippen molar-refractivity contribution in [1.82, 2.24) is 4.90 Å². The van der Waals surface area contributed by atoms with E-state index in [4.69, 9.17) is 23.2 Å². The molecule has 3 nitrogen and oxygen atoms in total. The van der Waals surface area contributed by atoms with Gasteiger partial charge in [0, 0.05) is 21.9 Å².